The van der Waals surface area contributed by atoms with Crippen LogP contribution in [-0.4, -0.2) is 20.7 Å². The lowest BCUT2D eigenvalue weighted by molar-refractivity contribution is -0.123. The number of carbonyl (C=O) groups is 1. The van der Waals surface area contributed by atoms with E-state index in [1.165, 1.54) is 0 Å². The fourth-order valence-corrected chi connectivity index (χ4v) is 1.81. The zero-order chi connectivity index (χ0) is 13.0. The van der Waals surface area contributed by atoms with Gasteiger partial charge in [0.05, 0.1) is 17.1 Å². The van der Waals surface area contributed by atoms with Gasteiger partial charge < -0.3 is 11.1 Å². The number of rotatable bonds is 5. The van der Waals surface area contributed by atoms with Crippen molar-refractivity contribution in [2.75, 3.05) is 0 Å². The van der Waals surface area contributed by atoms with Gasteiger partial charge in [0.25, 0.3) is 0 Å². The van der Waals surface area contributed by atoms with E-state index in [-0.39, 0.29) is 16.8 Å². The van der Waals surface area contributed by atoms with E-state index in [0.29, 0.717) is 13.0 Å². The first-order valence-electron chi connectivity index (χ1n) is 5.51. The van der Waals surface area contributed by atoms with Gasteiger partial charge in [0.1, 0.15) is 0 Å². The molecule has 1 unspecified atom stereocenters. The summed E-state index contributed by atoms with van der Waals surface area (Å²) in [6.45, 7) is 4.30. The summed E-state index contributed by atoms with van der Waals surface area (Å²) in [4.78, 5) is 12.0. The maximum absolute atomic E-state index is 11.8. The van der Waals surface area contributed by atoms with Crippen molar-refractivity contribution in [3.8, 4) is 0 Å². The summed E-state index contributed by atoms with van der Waals surface area (Å²) in [7, 11) is 1.87. The van der Waals surface area contributed by atoms with Crippen molar-refractivity contribution < 1.29 is 4.79 Å². The van der Waals surface area contributed by atoms with Crippen LogP contribution in [-0.2, 0) is 18.4 Å². The number of amides is 1. The molecule has 1 heterocycles. The van der Waals surface area contributed by atoms with Gasteiger partial charge in [-0.1, -0.05) is 19.1 Å². The number of hydrogen-bond donors (Lipinski definition) is 2. The Morgan fingerprint density at radius 2 is 2.35 bits per heavy atom. The largest absolute Gasteiger partial charge is 0.393 e. The molecule has 17 heavy (non-hydrogen) atoms. The summed E-state index contributed by atoms with van der Waals surface area (Å²) in [6.07, 6.45) is 2.37. The molecule has 6 heteroatoms. The predicted molar refractivity (Wildman–Crippen MR) is 70.4 cm³/mol. The van der Waals surface area contributed by atoms with E-state index in [1.54, 1.807) is 10.9 Å². The van der Waals surface area contributed by atoms with Gasteiger partial charge in [-0.2, -0.15) is 5.10 Å². The summed E-state index contributed by atoms with van der Waals surface area (Å²) < 4.78 is 1.77. The van der Waals surface area contributed by atoms with Gasteiger partial charge in [0.15, 0.2) is 0 Å². The normalized spacial score (nSPS) is 12.2. The molecule has 1 amide bonds. The molecule has 0 saturated heterocycles. The highest BCUT2D eigenvalue weighted by Gasteiger charge is 2.19. The van der Waals surface area contributed by atoms with Gasteiger partial charge in [-0.05, 0) is 13.3 Å². The Labute approximate surface area is 106 Å². The molecule has 1 aromatic heterocycles. The molecular weight excluding hydrogens is 236 g/mol. The van der Waals surface area contributed by atoms with Gasteiger partial charge >= 0.3 is 0 Å². The third-order valence-electron chi connectivity index (χ3n) is 2.86. The molecule has 1 rings (SSSR count). The topological polar surface area (TPSA) is 72.9 Å². The number of nitrogens with two attached hydrogens (primary N) is 1. The lowest BCUT2D eigenvalue weighted by atomic mass is 10.1. The molecule has 1 atom stereocenters. The van der Waals surface area contributed by atoms with E-state index in [1.807, 2.05) is 20.9 Å². The first-order chi connectivity index (χ1) is 7.97. The van der Waals surface area contributed by atoms with Crippen LogP contribution in [0.15, 0.2) is 6.20 Å². The highest BCUT2D eigenvalue weighted by atomic mass is 32.1. The summed E-state index contributed by atoms with van der Waals surface area (Å²) in [5, 5.41) is 6.93. The molecule has 0 saturated carbocycles. The highest BCUT2D eigenvalue weighted by molar-refractivity contribution is 7.80. The molecule has 0 aliphatic heterocycles. The summed E-state index contributed by atoms with van der Waals surface area (Å²) >= 11 is 4.85. The number of nitrogens with zero attached hydrogens (tertiary/aromatic N) is 2. The van der Waals surface area contributed by atoms with Crippen LogP contribution < -0.4 is 11.1 Å². The summed E-state index contributed by atoms with van der Waals surface area (Å²) in [6, 6.07) is 0. The average Bonchev–Trinajstić information content (AvgIpc) is 2.57. The highest BCUT2D eigenvalue weighted by Crippen LogP contribution is 2.07. The second kappa shape index (κ2) is 5.77. The first kappa shape index (κ1) is 13.6. The van der Waals surface area contributed by atoms with E-state index >= 15 is 0 Å². The van der Waals surface area contributed by atoms with Gasteiger partial charge in [-0.3, -0.25) is 9.48 Å². The Hall–Kier alpha value is -1.43. The number of aryl methyl sites for hydroxylation is 1. The maximum Gasteiger partial charge on any atom is 0.230 e. The average molecular weight is 254 g/mol. The van der Waals surface area contributed by atoms with Crippen molar-refractivity contribution in [3.05, 3.63) is 17.5 Å². The Bertz CT molecular complexity index is 427. The van der Waals surface area contributed by atoms with E-state index in [9.17, 15) is 4.79 Å². The second-order valence-electron chi connectivity index (χ2n) is 3.96. The van der Waals surface area contributed by atoms with Crippen molar-refractivity contribution in [1.29, 1.82) is 0 Å². The Kier molecular flexibility index (Phi) is 4.62. The van der Waals surface area contributed by atoms with Crippen LogP contribution in [0.3, 0.4) is 0 Å². The molecule has 0 aliphatic carbocycles. The van der Waals surface area contributed by atoms with E-state index < -0.39 is 0 Å². The van der Waals surface area contributed by atoms with Crippen molar-refractivity contribution in [2.45, 2.75) is 26.8 Å². The van der Waals surface area contributed by atoms with Crippen LogP contribution in [0.1, 0.15) is 24.6 Å². The molecule has 0 radical (unpaired) electrons. The van der Waals surface area contributed by atoms with Crippen LogP contribution >= 0.6 is 12.2 Å². The first-order valence-corrected chi connectivity index (χ1v) is 5.92. The minimum absolute atomic E-state index is 0.122. The van der Waals surface area contributed by atoms with Crippen LogP contribution in [0.5, 0.6) is 0 Å². The standard InChI is InChI=1S/C11H18N4OS/c1-4-9(10(12)17)11(16)13-5-8-6-14-15(3)7(8)2/h6,9H,4-5H2,1-3H3,(H2,12,17)(H,13,16). The lowest BCUT2D eigenvalue weighted by Gasteiger charge is -2.13. The van der Waals surface area contributed by atoms with Crippen LogP contribution in [0.2, 0.25) is 0 Å². The van der Waals surface area contributed by atoms with Gasteiger partial charge in [-0.15, -0.1) is 0 Å². The fraction of sp³-hybridized carbons (Fsp3) is 0.545. The monoisotopic (exact) mass is 254 g/mol. The smallest absolute Gasteiger partial charge is 0.230 e. The second-order valence-corrected chi connectivity index (χ2v) is 4.43. The number of aromatic nitrogens is 2. The zero-order valence-electron chi connectivity index (χ0n) is 10.4. The van der Waals surface area contributed by atoms with Gasteiger partial charge in [0.2, 0.25) is 5.91 Å². The van der Waals surface area contributed by atoms with Crippen molar-refractivity contribution in [2.24, 2.45) is 18.7 Å². The minimum Gasteiger partial charge on any atom is -0.393 e. The van der Waals surface area contributed by atoms with Crippen molar-refractivity contribution >= 4 is 23.1 Å². The van der Waals surface area contributed by atoms with Crippen LogP contribution in [0, 0.1) is 12.8 Å². The number of carbonyl (C=O) groups excluding carboxylic acids is 1. The van der Waals surface area contributed by atoms with E-state index in [0.717, 1.165) is 11.3 Å². The van der Waals surface area contributed by atoms with Gasteiger partial charge in [0, 0.05) is 24.8 Å². The SMILES string of the molecule is CCC(C(=O)NCc1cnn(C)c1C)C(N)=S. The molecule has 94 valence electrons. The zero-order valence-corrected chi connectivity index (χ0v) is 11.2. The molecule has 0 spiro atoms. The van der Waals surface area contributed by atoms with Gasteiger partial charge in [-0.25, -0.2) is 0 Å². The number of thiocarbonyl (C=S) groups is 1. The molecule has 5 nitrogen and oxygen atoms in total. The van der Waals surface area contributed by atoms with E-state index in [2.05, 4.69) is 10.4 Å². The van der Waals surface area contributed by atoms with E-state index in [4.69, 9.17) is 18.0 Å². The fourth-order valence-electron chi connectivity index (χ4n) is 1.54. The maximum atomic E-state index is 11.8. The molecule has 0 aliphatic rings. The molecule has 0 fully saturated rings. The quantitative estimate of drug-likeness (QED) is 0.757. The number of hydrogen-bond acceptors (Lipinski definition) is 3. The van der Waals surface area contributed by atoms with Crippen LogP contribution in [0.4, 0.5) is 0 Å². The lowest BCUT2D eigenvalue weighted by Crippen LogP contribution is -2.37. The molecule has 3 N–H and O–H groups in total. The summed E-state index contributed by atoms with van der Waals surface area (Å²) in [5.74, 6) is -0.509. The van der Waals surface area contributed by atoms with Crippen molar-refractivity contribution in [1.82, 2.24) is 15.1 Å². The molecule has 0 aromatic carbocycles. The number of nitrogens with one attached hydrogen (secondary N) is 1. The third-order valence-corrected chi connectivity index (χ3v) is 3.14. The van der Waals surface area contributed by atoms with Crippen LogP contribution in [0.25, 0.3) is 0 Å². The Morgan fingerprint density at radius 1 is 1.71 bits per heavy atom. The Morgan fingerprint density at radius 3 is 2.76 bits per heavy atom. The third kappa shape index (κ3) is 3.26. The molecular formula is C11H18N4OS. The predicted octanol–water partition coefficient (Wildman–Crippen LogP) is 0.657. The molecule has 0 bridgehead atoms. The minimum atomic E-state index is -0.387. The molecule has 1 aromatic rings. The Balaban J connectivity index is 2.59. The summed E-state index contributed by atoms with van der Waals surface area (Å²) in [5.41, 5.74) is 7.54. The van der Waals surface area contributed by atoms with Crippen molar-refractivity contribution in [3.63, 3.8) is 0 Å².